The highest BCUT2D eigenvalue weighted by Gasteiger charge is 2.30. The first-order valence-electron chi connectivity index (χ1n) is 9.96. The molecule has 0 aliphatic heterocycles. The van der Waals surface area contributed by atoms with E-state index in [1.165, 1.54) is 0 Å². The van der Waals surface area contributed by atoms with Gasteiger partial charge in [-0.15, -0.1) is 0 Å². The van der Waals surface area contributed by atoms with Gasteiger partial charge in [0.05, 0.1) is 5.92 Å². The minimum Gasteiger partial charge on any atom is -0.441 e. The lowest BCUT2D eigenvalue weighted by Gasteiger charge is -2.23. The maximum Gasteiger partial charge on any atom is 0.315 e. The van der Waals surface area contributed by atoms with Crippen LogP contribution in [0.4, 0.5) is 11.4 Å². The number of anilines is 2. The van der Waals surface area contributed by atoms with Gasteiger partial charge in [-0.05, 0) is 60.0 Å². The molecule has 0 aliphatic carbocycles. The normalized spacial score (nSPS) is 12.7. The van der Waals surface area contributed by atoms with Gasteiger partial charge in [0.2, 0.25) is 6.10 Å². The van der Waals surface area contributed by atoms with E-state index >= 15 is 0 Å². The molecule has 2 atom stereocenters. The average Bonchev–Trinajstić information content (AvgIpc) is 2.75. The van der Waals surface area contributed by atoms with Crippen molar-refractivity contribution in [3.05, 3.63) is 92.4 Å². The molecule has 0 bridgehead atoms. The minimum atomic E-state index is -1.05. The number of carbonyl (C=O) groups excluding carboxylic acids is 1. The van der Waals surface area contributed by atoms with Crippen molar-refractivity contribution in [1.82, 2.24) is 0 Å². The fourth-order valence-electron chi connectivity index (χ4n) is 3.35. The smallest absolute Gasteiger partial charge is 0.315 e. The summed E-state index contributed by atoms with van der Waals surface area (Å²) in [6.45, 7) is 3.81. The summed E-state index contributed by atoms with van der Waals surface area (Å²) >= 11 is 15.7. The summed E-state index contributed by atoms with van der Waals surface area (Å²) in [4.78, 5) is 13.1. The molecular formula is C25H21BrCl2N2O2. The van der Waals surface area contributed by atoms with Crippen LogP contribution in [0.3, 0.4) is 0 Å². The van der Waals surface area contributed by atoms with Crippen molar-refractivity contribution in [2.75, 3.05) is 5.32 Å². The van der Waals surface area contributed by atoms with E-state index in [-0.39, 0.29) is 5.92 Å². The largest absolute Gasteiger partial charge is 0.441 e. The molecule has 0 aromatic heterocycles. The molecule has 2 unspecified atom stereocenters. The summed E-state index contributed by atoms with van der Waals surface area (Å²) in [6.07, 6.45) is -1.05. The Balaban J connectivity index is 1.81. The van der Waals surface area contributed by atoms with Crippen LogP contribution in [-0.2, 0) is 9.53 Å². The van der Waals surface area contributed by atoms with Gasteiger partial charge in [0.25, 0.3) is 0 Å². The second kappa shape index (κ2) is 10.9. The molecule has 0 radical (unpaired) electrons. The number of nitrogens with zero attached hydrogens (tertiary/aromatic N) is 1. The standard InChI is InChI=1S/C25H21BrCl2N2O2/c1-15(2)24(21-11-8-18(27)13-22(21)28)25(31)32-23(14-29)16-4-3-5-20(12-16)30-19-9-6-17(26)7-10-19/h3-13,15,23-24,30H,1-2H3. The Kier molecular flexibility index (Phi) is 8.20. The Labute approximate surface area is 206 Å². The van der Waals surface area contributed by atoms with Crippen LogP contribution in [0.2, 0.25) is 10.0 Å². The van der Waals surface area contributed by atoms with Crippen molar-refractivity contribution in [3.63, 3.8) is 0 Å². The molecule has 0 saturated carbocycles. The van der Waals surface area contributed by atoms with Crippen LogP contribution in [0, 0.1) is 17.2 Å². The number of nitriles is 1. The number of hydrogen-bond donors (Lipinski definition) is 1. The zero-order valence-electron chi connectivity index (χ0n) is 17.5. The van der Waals surface area contributed by atoms with Crippen LogP contribution in [0.1, 0.15) is 37.0 Å². The third-order valence-electron chi connectivity index (χ3n) is 4.89. The van der Waals surface area contributed by atoms with Crippen molar-refractivity contribution < 1.29 is 9.53 Å². The van der Waals surface area contributed by atoms with Gasteiger partial charge < -0.3 is 10.1 Å². The summed E-state index contributed by atoms with van der Waals surface area (Å²) in [6, 6.07) is 22.1. The van der Waals surface area contributed by atoms with Gasteiger partial charge in [0.15, 0.2) is 0 Å². The van der Waals surface area contributed by atoms with E-state index in [2.05, 4.69) is 27.3 Å². The molecular weight excluding hydrogens is 511 g/mol. The lowest BCUT2D eigenvalue weighted by atomic mass is 9.88. The first-order valence-corrected chi connectivity index (χ1v) is 11.5. The fraction of sp³-hybridized carbons (Fsp3) is 0.200. The van der Waals surface area contributed by atoms with Crippen LogP contribution in [0.5, 0.6) is 0 Å². The van der Waals surface area contributed by atoms with Gasteiger partial charge in [-0.1, -0.05) is 71.2 Å². The number of halogens is 3. The van der Waals surface area contributed by atoms with E-state index in [9.17, 15) is 10.1 Å². The van der Waals surface area contributed by atoms with Crippen LogP contribution in [-0.4, -0.2) is 5.97 Å². The molecule has 0 spiro atoms. The van der Waals surface area contributed by atoms with Crippen LogP contribution < -0.4 is 5.32 Å². The predicted octanol–water partition coefficient (Wildman–Crippen LogP) is 8.05. The maximum atomic E-state index is 13.1. The molecule has 0 heterocycles. The summed E-state index contributed by atoms with van der Waals surface area (Å²) in [5.41, 5.74) is 2.88. The first-order chi connectivity index (χ1) is 15.3. The number of esters is 1. The van der Waals surface area contributed by atoms with Crippen LogP contribution in [0.25, 0.3) is 0 Å². The third kappa shape index (κ3) is 6.04. The topological polar surface area (TPSA) is 62.1 Å². The van der Waals surface area contributed by atoms with Crippen molar-refractivity contribution in [3.8, 4) is 6.07 Å². The number of carbonyl (C=O) groups is 1. The predicted molar refractivity (Wildman–Crippen MR) is 132 cm³/mol. The quantitative estimate of drug-likeness (QED) is 0.313. The number of rotatable bonds is 7. The molecule has 7 heteroatoms. The molecule has 0 aliphatic rings. The Hall–Kier alpha value is -2.52. The second-order valence-corrected chi connectivity index (χ2v) is 9.35. The SMILES string of the molecule is CC(C)C(C(=O)OC(C#N)c1cccc(Nc2ccc(Br)cc2)c1)c1ccc(Cl)cc1Cl. The van der Waals surface area contributed by atoms with Crippen LogP contribution >= 0.6 is 39.1 Å². The Morgan fingerprint density at radius 2 is 1.75 bits per heavy atom. The summed E-state index contributed by atoms with van der Waals surface area (Å²) < 4.78 is 6.62. The number of ether oxygens (including phenoxy) is 1. The van der Waals surface area contributed by atoms with Gasteiger partial charge in [-0.3, -0.25) is 4.79 Å². The van der Waals surface area contributed by atoms with Crippen molar-refractivity contribution in [2.24, 2.45) is 5.92 Å². The van der Waals surface area contributed by atoms with Crippen LogP contribution in [0.15, 0.2) is 71.2 Å². The average molecular weight is 532 g/mol. The first kappa shape index (κ1) is 24.1. The van der Waals surface area contributed by atoms with Gasteiger partial charge in [-0.25, -0.2) is 0 Å². The van der Waals surface area contributed by atoms with E-state index in [4.69, 9.17) is 27.9 Å². The zero-order chi connectivity index (χ0) is 23.3. The molecule has 3 rings (SSSR count). The number of hydrogen-bond acceptors (Lipinski definition) is 4. The third-order valence-corrected chi connectivity index (χ3v) is 5.98. The highest BCUT2D eigenvalue weighted by atomic mass is 79.9. The molecule has 3 aromatic rings. The summed E-state index contributed by atoms with van der Waals surface area (Å²) in [7, 11) is 0. The van der Waals surface area contributed by atoms with Gasteiger partial charge in [0, 0.05) is 31.5 Å². The Bertz CT molecular complexity index is 1140. The van der Waals surface area contributed by atoms with Gasteiger partial charge in [-0.2, -0.15) is 5.26 Å². The van der Waals surface area contributed by atoms with Gasteiger partial charge in [0.1, 0.15) is 6.07 Å². The Morgan fingerprint density at radius 3 is 2.38 bits per heavy atom. The fourth-order valence-corrected chi connectivity index (χ4v) is 4.14. The molecule has 3 aromatic carbocycles. The molecule has 4 nitrogen and oxygen atoms in total. The summed E-state index contributed by atoms with van der Waals surface area (Å²) in [5.74, 6) is -1.23. The lowest BCUT2D eigenvalue weighted by molar-refractivity contribution is -0.150. The molecule has 0 fully saturated rings. The number of benzene rings is 3. The second-order valence-electron chi connectivity index (χ2n) is 7.59. The highest BCUT2D eigenvalue weighted by molar-refractivity contribution is 9.10. The van der Waals surface area contributed by atoms with E-state index in [1.54, 1.807) is 30.3 Å². The highest BCUT2D eigenvalue weighted by Crippen LogP contribution is 2.35. The zero-order valence-corrected chi connectivity index (χ0v) is 20.6. The molecule has 0 amide bonds. The van der Waals surface area contributed by atoms with Crippen molar-refractivity contribution in [1.29, 1.82) is 5.26 Å². The summed E-state index contributed by atoms with van der Waals surface area (Å²) in [5, 5.41) is 13.9. The molecule has 1 N–H and O–H groups in total. The van der Waals surface area contributed by atoms with E-state index in [0.717, 1.165) is 15.8 Å². The maximum absolute atomic E-state index is 13.1. The lowest BCUT2D eigenvalue weighted by Crippen LogP contribution is -2.23. The molecule has 0 saturated heterocycles. The Morgan fingerprint density at radius 1 is 1.03 bits per heavy atom. The van der Waals surface area contributed by atoms with Crippen molar-refractivity contribution in [2.45, 2.75) is 25.9 Å². The minimum absolute atomic E-state index is 0.0917. The molecule has 164 valence electrons. The number of nitrogens with one attached hydrogen (secondary N) is 1. The van der Waals surface area contributed by atoms with E-state index in [0.29, 0.717) is 21.2 Å². The monoisotopic (exact) mass is 530 g/mol. The van der Waals surface area contributed by atoms with E-state index in [1.807, 2.05) is 50.2 Å². The molecule has 32 heavy (non-hydrogen) atoms. The van der Waals surface area contributed by atoms with Gasteiger partial charge >= 0.3 is 5.97 Å². The van der Waals surface area contributed by atoms with Crippen molar-refractivity contribution >= 4 is 56.5 Å². The van der Waals surface area contributed by atoms with E-state index < -0.39 is 18.0 Å².